The first-order chi connectivity index (χ1) is 11.2. The van der Waals surface area contributed by atoms with Gasteiger partial charge >= 0.3 is 5.97 Å². The maximum atomic E-state index is 12.1. The largest absolute Gasteiger partial charge is 0.465 e. The van der Waals surface area contributed by atoms with Crippen LogP contribution in [0.2, 0.25) is 0 Å². The highest BCUT2D eigenvalue weighted by atomic mass is 32.2. The molecule has 0 radical (unpaired) electrons. The van der Waals surface area contributed by atoms with Crippen molar-refractivity contribution in [3.63, 3.8) is 0 Å². The molecule has 0 bridgehead atoms. The zero-order valence-electron chi connectivity index (χ0n) is 12.3. The molecule has 0 atom stereocenters. The van der Waals surface area contributed by atoms with Gasteiger partial charge in [-0.2, -0.15) is 0 Å². The van der Waals surface area contributed by atoms with Gasteiger partial charge in [0.25, 0.3) is 5.91 Å². The van der Waals surface area contributed by atoms with Gasteiger partial charge in [-0.15, -0.1) is 10.2 Å². The number of aromatic nitrogens is 3. The first-order valence-electron chi connectivity index (χ1n) is 7.05. The Morgan fingerprint density at radius 1 is 1.48 bits per heavy atom. The Balaban J connectivity index is 1.53. The highest BCUT2D eigenvalue weighted by molar-refractivity contribution is 8.01. The minimum Gasteiger partial charge on any atom is -0.465 e. The zero-order chi connectivity index (χ0) is 16.2. The molecule has 2 aromatic rings. The smallest absolute Gasteiger partial charge is 0.316 e. The lowest BCUT2D eigenvalue weighted by Crippen LogP contribution is -2.11. The van der Waals surface area contributed by atoms with E-state index in [0.717, 1.165) is 18.6 Å². The molecule has 0 unspecified atom stereocenters. The number of anilines is 1. The monoisotopic (exact) mass is 354 g/mol. The highest BCUT2D eigenvalue weighted by Crippen LogP contribution is 2.40. The summed E-state index contributed by atoms with van der Waals surface area (Å²) in [6.45, 7) is 2.09. The summed E-state index contributed by atoms with van der Waals surface area (Å²) in [5.41, 5.74) is 0.225. The molecule has 0 saturated heterocycles. The number of hydrogen-bond acceptors (Lipinski definition) is 9. The summed E-state index contributed by atoms with van der Waals surface area (Å²) in [6.07, 6.45) is 2.15. The van der Waals surface area contributed by atoms with Gasteiger partial charge in [-0.1, -0.05) is 28.3 Å². The molecule has 1 amide bonds. The Morgan fingerprint density at radius 3 is 3.04 bits per heavy atom. The fourth-order valence-corrected chi connectivity index (χ4v) is 3.30. The quantitative estimate of drug-likeness (QED) is 0.458. The van der Waals surface area contributed by atoms with Crippen LogP contribution in [0.15, 0.2) is 14.9 Å². The third kappa shape index (κ3) is 4.29. The molecule has 3 rings (SSSR count). The number of rotatable bonds is 7. The summed E-state index contributed by atoms with van der Waals surface area (Å²) in [6, 6.07) is 1.66. The van der Waals surface area contributed by atoms with Crippen molar-refractivity contribution in [1.29, 1.82) is 0 Å². The third-order valence-corrected chi connectivity index (χ3v) is 4.93. The Morgan fingerprint density at radius 2 is 2.30 bits per heavy atom. The number of nitrogens with one attached hydrogen (secondary N) is 1. The first kappa shape index (κ1) is 15.9. The van der Waals surface area contributed by atoms with Crippen molar-refractivity contribution >= 4 is 40.1 Å². The van der Waals surface area contributed by atoms with E-state index in [9.17, 15) is 9.59 Å². The van der Waals surface area contributed by atoms with E-state index in [1.165, 1.54) is 23.1 Å². The van der Waals surface area contributed by atoms with Crippen LogP contribution in [0, 0.1) is 0 Å². The van der Waals surface area contributed by atoms with Gasteiger partial charge in [0.1, 0.15) is 5.76 Å². The van der Waals surface area contributed by atoms with Gasteiger partial charge in [0.2, 0.25) is 5.13 Å². The van der Waals surface area contributed by atoms with Crippen molar-refractivity contribution in [2.24, 2.45) is 0 Å². The van der Waals surface area contributed by atoms with Crippen LogP contribution in [0.5, 0.6) is 0 Å². The van der Waals surface area contributed by atoms with Gasteiger partial charge in [-0.05, 0) is 19.8 Å². The number of carbonyl (C=O) groups excluding carboxylic acids is 2. The molecule has 1 aliphatic carbocycles. The van der Waals surface area contributed by atoms with Crippen LogP contribution in [-0.2, 0) is 9.53 Å². The minimum atomic E-state index is -0.390. The SMILES string of the molecule is CCOC(=O)CSc1nnc(NC(=O)c2cc(C3CC3)on2)s1. The van der Waals surface area contributed by atoms with Gasteiger partial charge in [-0.25, -0.2) is 0 Å². The first-order valence-corrected chi connectivity index (χ1v) is 8.85. The lowest BCUT2D eigenvalue weighted by molar-refractivity contribution is -0.139. The van der Waals surface area contributed by atoms with E-state index in [0.29, 0.717) is 22.0 Å². The topological polar surface area (TPSA) is 107 Å². The molecule has 0 aliphatic heterocycles. The average Bonchev–Trinajstić information content (AvgIpc) is 3.09. The van der Waals surface area contributed by atoms with E-state index in [1.807, 2.05) is 0 Å². The van der Waals surface area contributed by atoms with E-state index in [-0.39, 0.29) is 17.4 Å². The zero-order valence-corrected chi connectivity index (χ0v) is 13.9. The minimum absolute atomic E-state index is 0.157. The number of nitrogens with zero attached hydrogens (tertiary/aromatic N) is 3. The molecule has 2 heterocycles. The predicted molar refractivity (Wildman–Crippen MR) is 83.7 cm³/mol. The van der Waals surface area contributed by atoms with Crippen molar-refractivity contribution in [3.8, 4) is 0 Å². The molecule has 0 aromatic carbocycles. The van der Waals surface area contributed by atoms with Gasteiger partial charge < -0.3 is 9.26 Å². The Bertz CT molecular complexity index is 710. The van der Waals surface area contributed by atoms with Gasteiger partial charge in [-0.3, -0.25) is 14.9 Å². The van der Waals surface area contributed by atoms with Crippen molar-refractivity contribution in [2.75, 3.05) is 17.7 Å². The molecule has 1 aliphatic rings. The molecule has 0 spiro atoms. The molecule has 8 nitrogen and oxygen atoms in total. The molecule has 1 N–H and O–H groups in total. The van der Waals surface area contributed by atoms with Crippen LogP contribution in [0.25, 0.3) is 0 Å². The van der Waals surface area contributed by atoms with Crippen LogP contribution >= 0.6 is 23.1 Å². The molecule has 1 saturated carbocycles. The van der Waals surface area contributed by atoms with Crippen molar-refractivity contribution in [2.45, 2.75) is 30.0 Å². The maximum absolute atomic E-state index is 12.1. The number of carbonyl (C=O) groups is 2. The van der Waals surface area contributed by atoms with Crippen LogP contribution in [0.3, 0.4) is 0 Å². The Labute approximate surface area is 140 Å². The van der Waals surface area contributed by atoms with Crippen molar-refractivity contribution < 1.29 is 18.8 Å². The fraction of sp³-hybridized carbons (Fsp3) is 0.462. The summed E-state index contributed by atoms with van der Waals surface area (Å²) in [7, 11) is 0. The van der Waals surface area contributed by atoms with Gasteiger partial charge in [0, 0.05) is 12.0 Å². The van der Waals surface area contributed by atoms with Gasteiger partial charge in [0.15, 0.2) is 10.0 Å². The number of amides is 1. The predicted octanol–water partition coefficient (Wildman–Crippen LogP) is 2.31. The van der Waals surface area contributed by atoms with E-state index in [1.54, 1.807) is 13.0 Å². The summed E-state index contributed by atoms with van der Waals surface area (Å²) in [5.74, 6) is 0.603. The van der Waals surface area contributed by atoms with Crippen LogP contribution < -0.4 is 5.32 Å². The van der Waals surface area contributed by atoms with E-state index in [2.05, 4.69) is 20.7 Å². The number of hydrogen-bond donors (Lipinski definition) is 1. The van der Waals surface area contributed by atoms with Crippen molar-refractivity contribution in [3.05, 3.63) is 17.5 Å². The fourth-order valence-electron chi connectivity index (χ4n) is 1.76. The second-order valence-electron chi connectivity index (χ2n) is 4.81. The second kappa shape index (κ2) is 7.09. The lowest BCUT2D eigenvalue weighted by Gasteiger charge is -1.98. The lowest BCUT2D eigenvalue weighted by atomic mass is 10.3. The van der Waals surface area contributed by atoms with Crippen molar-refractivity contribution in [1.82, 2.24) is 15.4 Å². The van der Waals surface area contributed by atoms with E-state index in [4.69, 9.17) is 9.26 Å². The Kier molecular flexibility index (Phi) is 4.91. The summed E-state index contributed by atoms with van der Waals surface area (Å²) >= 11 is 2.40. The molecule has 1 fully saturated rings. The van der Waals surface area contributed by atoms with Gasteiger partial charge in [0.05, 0.1) is 12.4 Å². The molecule has 2 aromatic heterocycles. The number of ether oxygens (including phenoxy) is 1. The molecule has 10 heteroatoms. The van der Waals surface area contributed by atoms with Crippen LogP contribution in [0.1, 0.15) is 41.9 Å². The van der Waals surface area contributed by atoms with E-state index < -0.39 is 5.91 Å². The second-order valence-corrected chi connectivity index (χ2v) is 7.01. The molecule has 23 heavy (non-hydrogen) atoms. The average molecular weight is 354 g/mol. The number of thioether (sulfide) groups is 1. The molecule has 122 valence electrons. The molecular formula is C13H14N4O4S2. The normalized spacial score (nSPS) is 13.8. The summed E-state index contributed by atoms with van der Waals surface area (Å²) in [5, 5.41) is 14.5. The maximum Gasteiger partial charge on any atom is 0.316 e. The summed E-state index contributed by atoms with van der Waals surface area (Å²) < 4.78 is 10.5. The summed E-state index contributed by atoms with van der Waals surface area (Å²) in [4.78, 5) is 23.3. The van der Waals surface area contributed by atoms with Crippen LogP contribution in [-0.4, -0.2) is 39.6 Å². The standard InChI is InChI=1S/C13H14N4O4S2/c1-2-20-10(18)6-22-13-16-15-12(23-13)14-11(19)8-5-9(21-17-8)7-3-4-7/h5,7H,2-4,6H2,1H3,(H,14,15,19). The third-order valence-electron chi connectivity index (χ3n) is 2.99. The Hall–Kier alpha value is -1.94. The molecular weight excluding hydrogens is 340 g/mol. The number of esters is 1. The van der Waals surface area contributed by atoms with E-state index >= 15 is 0 Å². The van der Waals surface area contributed by atoms with Crippen LogP contribution in [0.4, 0.5) is 5.13 Å². The highest BCUT2D eigenvalue weighted by Gasteiger charge is 2.29.